The van der Waals surface area contributed by atoms with Crippen LogP contribution >= 0.6 is 0 Å². The number of benzene rings is 1. The van der Waals surface area contributed by atoms with Gasteiger partial charge in [-0.2, -0.15) is 10.1 Å². The molecule has 0 aliphatic carbocycles. The lowest BCUT2D eigenvalue weighted by atomic mass is 10.1. The van der Waals surface area contributed by atoms with Crippen LogP contribution in [0.1, 0.15) is 5.89 Å². The van der Waals surface area contributed by atoms with Crippen LogP contribution in [-0.4, -0.2) is 20.3 Å². The molecule has 3 N–H and O–H groups in total. The normalized spacial score (nSPS) is 11.1. The van der Waals surface area contributed by atoms with Crippen LogP contribution in [0.4, 0.5) is 0 Å². The highest BCUT2D eigenvalue weighted by molar-refractivity contribution is 5.82. The Bertz CT molecular complexity index is 627. The number of rotatable bonds is 2. The smallest absolute Gasteiger partial charge is 0.240 e. The molecule has 3 aromatic rings. The zero-order chi connectivity index (χ0) is 11.0. The summed E-state index contributed by atoms with van der Waals surface area (Å²) in [5.74, 6) is 0.969. The largest absolute Gasteiger partial charge is 0.338 e. The molecule has 3 rings (SSSR count). The second kappa shape index (κ2) is 3.42. The van der Waals surface area contributed by atoms with E-state index in [0.717, 1.165) is 16.5 Å². The first-order chi connectivity index (χ1) is 7.86. The highest BCUT2D eigenvalue weighted by atomic mass is 16.5. The van der Waals surface area contributed by atoms with Gasteiger partial charge in [-0.3, -0.25) is 5.10 Å². The molecule has 0 atom stereocenters. The standard InChI is InChI=1S/C10H9N5O/c11-4-9-13-10(15-16-9)6-1-2-7-5-12-14-8(7)3-6/h1-3,5H,4,11H2,(H,12,14). The average molecular weight is 215 g/mol. The lowest BCUT2D eigenvalue weighted by Crippen LogP contribution is -1.95. The summed E-state index contributed by atoms with van der Waals surface area (Å²) >= 11 is 0. The third kappa shape index (κ3) is 1.36. The topological polar surface area (TPSA) is 93.6 Å². The van der Waals surface area contributed by atoms with Crippen LogP contribution in [0, 0.1) is 0 Å². The molecule has 2 aromatic heterocycles. The molecule has 0 saturated carbocycles. The van der Waals surface area contributed by atoms with Gasteiger partial charge in [0.25, 0.3) is 0 Å². The fraction of sp³-hybridized carbons (Fsp3) is 0.100. The minimum atomic E-state index is 0.249. The van der Waals surface area contributed by atoms with E-state index in [1.165, 1.54) is 0 Å². The van der Waals surface area contributed by atoms with Crippen molar-refractivity contribution in [3.05, 3.63) is 30.3 Å². The van der Waals surface area contributed by atoms with Gasteiger partial charge >= 0.3 is 0 Å². The highest BCUT2D eigenvalue weighted by Gasteiger charge is 2.08. The van der Waals surface area contributed by atoms with Gasteiger partial charge in [0.2, 0.25) is 11.7 Å². The first kappa shape index (κ1) is 9.05. The van der Waals surface area contributed by atoms with Crippen LogP contribution in [0.2, 0.25) is 0 Å². The molecule has 6 nitrogen and oxygen atoms in total. The first-order valence-corrected chi connectivity index (χ1v) is 4.83. The summed E-state index contributed by atoms with van der Waals surface area (Å²) in [4.78, 5) is 4.15. The van der Waals surface area contributed by atoms with E-state index in [9.17, 15) is 0 Å². The molecule has 16 heavy (non-hydrogen) atoms. The Hall–Kier alpha value is -2.21. The van der Waals surface area contributed by atoms with Gasteiger partial charge in [-0.25, -0.2) is 0 Å². The van der Waals surface area contributed by atoms with Crippen molar-refractivity contribution in [3.8, 4) is 11.4 Å². The number of hydrogen-bond acceptors (Lipinski definition) is 5. The number of H-pyrrole nitrogens is 1. The molecular formula is C10H9N5O. The third-order valence-corrected chi connectivity index (χ3v) is 2.34. The van der Waals surface area contributed by atoms with Crippen molar-refractivity contribution in [1.29, 1.82) is 0 Å². The van der Waals surface area contributed by atoms with Crippen LogP contribution in [-0.2, 0) is 6.54 Å². The van der Waals surface area contributed by atoms with Crippen LogP contribution in [0.3, 0.4) is 0 Å². The maximum atomic E-state index is 5.40. The van der Waals surface area contributed by atoms with Gasteiger partial charge in [0.1, 0.15) is 0 Å². The van der Waals surface area contributed by atoms with E-state index < -0.39 is 0 Å². The Morgan fingerprint density at radius 1 is 1.38 bits per heavy atom. The molecule has 80 valence electrons. The molecule has 0 bridgehead atoms. The third-order valence-electron chi connectivity index (χ3n) is 2.34. The maximum absolute atomic E-state index is 5.40. The number of nitrogens with zero attached hydrogens (tertiary/aromatic N) is 3. The van der Waals surface area contributed by atoms with Gasteiger partial charge in [0.05, 0.1) is 18.3 Å². The summed E-state index contributed by atoms with van der Waals surface area (Å²) < 4.78 is 4.95. The number of aromatic amines is 1. The van der Waals surface area contributed by atoms with Gasteiger partial charge < -0.3 is 10.3 Å². The van der Waals surface area contributed by atoms with Crippen molar-refractivity contribution in [2.45, 2.75) is 6.54 Å². The number of nitrogens with two attached hydrogens (primary N) is 1. The minimum Gasteiger partial charge on any atom is -0.338 e. The molecule has 0 radical (unpaired) electrons. The fourth-order valence-electron chi connectivity index (χ4n) is 1.53. The molecule has 0 aliphatic rings. The molecule has 0 aliphatic heterocycles. The minimum absolute atomic E-state index is 0.249. The SMILES string of the molecule is NCc1nc(-c2ccc3cn[nH]c3c2)no1. The maximum Gasteiger partial charge on any atom is 0.240 e. The molecule has 0 amide bonds. The van der Waals surface area contributed by atoms with E-state index in [1.807, 2.05) is 18.2 Å². The van der Waals surface area contributed by atoms with Crippen molar-refractivity contribution in [3.63, 3.8) is 0 Å². The molecule has 6 heteroatoms. The zero-order valence-corrected chi connectivity index (χ0v) is 8.34. The second-order valence-corrected chi connectivity index (χ2v) is 3.39. The van der Waals surface area contributed by atoms with E-state index >= 15 is 0 Å². The Morgan fingerprint density at radius 2 is 2.31 bits per heavy atom. The van der Waals surface area contributed by atoms with Crippen LogP contribution < -0.4 is 5.73 Å². The first-order valence-electron chi connectivity index (χ1n) is 4.83. The molecular weight excluding hydrogens is 206 g/mol. The Labute approximate surface area is 90.5 Å². The lowest BCUT2D eigenvalue weighted by molar-refractivity contribution is 0.380. The predicted molar refractivity (Wildman–Crippen MR) is 57.3 cm³/mol. The van der Waals surface area contributed by atoms with Crippen LogP contribution in [0.5, 0.6) is 0 Å². The summed E-state index contributed by atoms with van der Waals surface area (Å²) in [6.45, 7) is 0.249. The highest BCUT2D eigenvalue weighted by Crippen LogP contribution is 2.20. The van der Waals surface area contributed by atoms with E-state index in [4.69, 9.17) is 10.3 Å². The summed E-state index contributed by atoms with van der Waals surface area (Å²) in [6.07, 6.45) is 1.76. The Kier molecular flexibility index (Phi) is 1.94. The molecule has 2 heterocycles. The van der Waals surface area contributed by atoms with E-state index in [2.05, 4.69) is 20.3 Å². The summed E-state index contributed by atoms with van der Waals surface area (Å²) in [7, 11) is 0. The van der Waals surface area contributed by atoms with Crippen molar-refractivity contribution >= 4 is 10.9 Å². The molecule has 0 unspecified atom stereocenters. The molecule has 0 saturated heterocycles. The second-order valence-electron chi connectivity index (χ2n) is 3.39. The van der Waals surface area contributed by atoms with E-state index in [-0.39, 0.29) is 6.54 Å². The Balaban J connectivity index is 2.10. The summed E-state index contributed by atoms with van der Waals surface area (Å²) in [5.41, 5.74) is 7.22. The number of nitrogens with one attached hydrogen (secondary N) is 1. The lowest BCUT2D eigenvalue weighted by Gasteiger charge is -1.93. The molecule has 0 spiro atoms. The predicted octanol–water partition coefficient (Wildman–Crippen LogP) is 1.07. The van der Waals surface area contributed by atoms with Crippen LogP contribution in [0.15, 0.2) is 28.9 Å². The summed E-state index contributed by atoms with van der Waals surface area (Å²) in [5, 5.41) is 11.7. The van der Waals surface area contributed by atoms with Gasteiger partial charge in [-0.1, -0.05) is 17.3 Å². The van der Waals surface area contributed by atoms with E-state index in [1.54, 1.807) is 6.20 Å². The van der Waals surface area contributed by atoms with E-state index in [0.29, 0.717) is 11.7 Å². The Morgan fingerprint density at radius 3 is 3.12 bits per heavy atom. The fourth-order valence-corrected chi connectivity index (χ4v) is 1.53. The van der Waals surface area contributed by atoms with Gasteiger partial charge in [0, 0.05) is 10.9 Å². The molecule has 1 aromatic carbocycles. The summed E-state index contributed by atoms with van der Waals surface area (Å²) in [6, 6.07) is 5.79. The quantitative estimate of drug-likeness (QED) is 0.666. The van der Waals surface area contributed by atoms with Crippen molar-refractivity contribution in [1.82, 2.24) is 20.3 Å². The van der Waals surface area contributed by atoms with Crippen molar-refractivity contribution in [2.24, 2.45) is 5.73 Å². The van der Waals surface area contributed by atoms with Crippen molar-refractivity contribution < 1.29 is 4.52 Å². The number of aromatic nitrogens is 4. The van der Waals surface area contributed by atoms with Crippen molar-refractivity contribution in [2.75, 3.05) is 0 Å². The van der Waals surface area contributed by atoms with Gasteiger partial charge in [-0.05, 0) is 6.07 Å². The monoisotopic (exact) mass is 215 g/mol. The number of hydrogen-bond donors (Lipinski definition) is 2. The van der Waals surface area contributed by atoms with Gasteiger partial charge in [0.15, 0.2) is 0 Å². The molecule has 0 fully saturated rings. The van der Waals surface area contributed by atoms with Crippen LogP contribution in [0.25, 0.3) is 22.3 Å². The zero-order valence-electron chi connectivity index (χ0n) is 8.34. The number of fused-ring (bicyclic) bond motifs is 1. The van der Waals surface area contributed by atoms with Gasteiger partial charge in [-0.15, -0.1) is 0 Å². The average Bonchev–Trinajstić information content (AvgIpc) is 2.96.